The van der Waals surface area contributed by atoms with Crippen LogP contribution in [-0.4, -0.2) is 30.3 Å². The van der Waals surface area contributed by atoms with E-state index in [0.29, 0.717) is 24.8 Å². The second kappa shape index (κ2) is 11.5. The van der Waals surface area contributed by atoms with Crippen molar-refractivity contribution >= 4 is 17.3 Å². The van der Waals surface area contributed by atoms with Gasteiger partial charge in [-0.25, -0.2) is 4.39 Å². The van der Waals surface area contributed by atoms with Crippen LogP contribution >= 0.6 is 12.2 Å². The zero-order chi connectivity index (χ0) is 20.4. The maximum atomic E-state index is 13.0. The quantitative estimate of drug-likeness (QED) is 0.569. The lowest BCUT2D eigenvalue weighted by molar-refractivity contribution is 0.293. The van der Waals surface area contributed by atoms with Crippen molar-refractivity contribution < 1.29 is 13.9 Å². The van der Waals surface area contributed by atoms with Gasteiger partial charge in [-0.3, -0.25) is 0 Å². The summed E-state index contributed by atoms with van der Waals surface area (Å²) in [6.45, 7) is 6.93. The van der Waals surface area contributed by atoms with E-state index in [9.17, 15) is 4.39 Å². The molecular weight excluding hydrogens is 375 g/mol. The number of benzene rings is 2. The van der Waals surface area contributed by atoms with Crippen molar-refractivity contribution in [3.8, 4) is 11.5 Å². The van der Waals surface area contributed by atoms with Crippen molar-refractivity contribution in [2.24, 2.45) is 0 Å². The Morgan fingerprint density at radius 1 is 1.04 bits per heavy atom. The zero-order valence-corrected chi connectivity index (χ0v) is 17.7. The van der Waals surface area contributed by atoms with Gasteiger partial charge >= 0.3 is 0 Å². The largest absolute Gasteiger partial charge is 0.493 e. The number of hydrogen-bond acceptors (Lipinski definition) is 3. The number of nitrogens with zero attached hydrogens (tertiary/aromatic N) is 1. The first-order chi connectivity index (χ1) is 13.6. The molecule has 0 amide bonds. The number of halogens is 1. The van der Waals surface area contributed by atoms with E-state index in [2.05, 4.69) is 24.1 Å². The lowest BCUT2D eigenvalue weighted by Crippen LogP contribution is -2.39. The Labute approximate surface area is 172 Å². The molecule has 2 rings (SSSR count). The van der Waals surface area contributed by atoms with E-state index in [0.717, 1.165) is 42.0 Å². The van der Waals surface area contributed by atoms with Gasteiger partial charge in [-0.1, -0.05) is 32.0 Å². The Morgan fingerprint density at radius 2 is 1.75 bits per heavy atom. The normalized spacial score (nSPS) is 10.4. The van der Waals surface area contributed by atoms with Gasteiger partial charge in [-0.05, 0) is 60.5 Å². The summed E-state index contributed by atoms with van der Waals surface area (Å²) in [5, 5.41) is 3.95. The molecule has 0 aromatic heterocycles. The van der Waals surface area contributed by atoms with Crippen LogP contribution in [0.2, 0.25) is 0 Å². The highest BCUT2D eigenvalue weighted by molar-refractivity contribution is 7.80. The minimum Gasteiger partial charge on any atom is -0.493 e. The van der Waals surface area contributed by atoms with E-state index in [1.54, 1.807) is 19.2 Å². The van der Waals surface area contributed by atoms with E-state index in [1.165, 1.54) is 12.1 Å². The third kappa shape index (κ3) is 6.68. The molecule has 0 radical (unpaired) electrons. The summed E-state index contributed by atoms with van der Waals surface area (Å²) in [5.74, 6) is 1.25. The van der Waals surface area contributed by atoms with Crippen LogP contribution in [0.4, 0.5) is 4.39 Å². The summed E-state index contributed by atoms with van der Waals surface area (Å²) < 4.78 is 24.2. The molecule has 0 bridgehead atoms. The number of hydrogen-bond donors (Lipinski definition) is 1. The van der Waals surface area contributed by atoms with Gasteiger partial charge in [-0.2, -0.15) is 0 Å². The maximum absolute atomic E-state index is 13.0. The van der Waals surface area contributed by atoms with Crippen molar-refractivity contribution in [2.75, 3.05) is 20.3 Å². The smallest absolute Gasteiger partial charge is 0.169 e. The highest BCUT2D eigenvalue weighted by Crippen LogP contribution is 2.28. The Bertz CT molecular complexity index is 753. The van der Waals surface area contributed by atoms with Crippen LogP contribution in [0.25, 0.3) is 0 Å². The Balaban J connectivity index is 2.02. The van der Waals surface area contributed by atoms with Crippen LogP contribution in [0.1, 0.15) is 37.8 Å². The SMILES string of the molecule is CCCOc1ccc(CN(CCC)C(=S)NCc2ccc(F)cc2)cc1OC. The molecule has 6 heteroatoms. The third-order valence-electron chi connectivity index (χ3n) is 4.20. The molecule has 0 heterocycles. The summed E-state index contributed by atoms with van der Waals surface area (Å²) in [4.78, 5) is 2.13. The molecule has 0 aliphatic heterocycles. The fourth-order valence-electron chi connectivity index (χ4n) is 2.78. The number of methoxy groups -OCH3 is 1. The van der Waals surface area contributed by atoms with Crippen LogP contribution in [0.15, 0.2) is 42.5 Å². The van der Waals surface area contributed by atoms with Crippen LogP contribution in [0.3, 0.4) is 0 Å². The molecule has 0 fully saturated rings. The predicted molar refractivity (Wildman–Crippen MR) is 115 cm³/mol. The van der Waals surface area contributed by atoms with Crippen LogP contribution in [0.5, 0.6) is 11.5 Å². The van der Waals surface area contributed by atoms with E-state index in [-0.39, 0.29) is 5.82 Å². The van der Waals surface area contributed by atoms with Gasteiger partial charge in [-0.15, -0.1) is 0 Å². The molecule has 0 saturated heterocycles. The van der Waals surface area contributed by atoms with Gasteiger partial charge in [0.05, 0.1) is 13.7 Å². The molecular formula is C22H29FN2O2S. The molecule has 0 unspecified atom stereocenters. The number of rotatable bonds is 10. The molecule has 28 heavy (non-hydrogen) atoms. The number of nitrogens with one attached hydrogen (secondary N) is 1. The van der Waals surface area contributed by atoms with Crippen LogP contribution in [-0.2, 0) is 13.1 Å². The molecule has 0 saturated carbocycles. The fraction of sp³-hybridized carbons (Fsp3) is 0.409. The minimum atomic E-state index is -0.237. The molecule has 2 aromatic rings. The summed E-state index contributed by atoms with van der Waals surface area (Å²) >= 11 is 5.59. The van der Waals surface area contributed by atoms with Crippen LogP contribution < -0.4 is 14.8 Å². The average molecular weight is 405 g/mol. The first-order valence-corrected chi connectivity index (χ1v) is 10.0. The van der Waals surface area contributed by atoms with Gasteiger partial charge in [0.2, 0.25) is 0 Å². The molecule has 1 N–H and O–H groups in total. The molecule has 2 aromatic carbocycles. The standard InChI is InChI=1S/C22H29FN2O2S/c1-4-12-25(22(28)24-15-17-6-9-19(23)10-7-17)16-18-8-11-20(27-13-5-2)21(14-18)26-3/h6-11,14H,4-5,12-13,15-16H2,1-3H3,(H,24,28). The summed E-state index contributed by atoms with van der Waals surface area (Å²) in [5.41, 5.74) is 2.08. The van der Waals surface area contributed by atoms with Gasteiger partial charge < -0.3 is 19.7 Å². The molecule has 4 nitrogen and oxygen atoms in total. The Kier molecular flexibility index (Phi) is 9.01. The van der Waals surface area contributed by atoms with Crippen molar-refractivity contribution in [3.05, 3.63) is 59.4 Å². The summed E-state index contributed by atoms with van der Waals surface area (Å²) in [6, 6.07) is 12.4. The molecule has 0 aliphatic carbocycles. The van der Waals surface area contributed by atoms with Crippen molar-refractivity contribution in [2.45, 2.75) is 39.8 Å². The number of thiocarbonyl (C=S) groups is 1. The van der Waals surface area contributed by atoms with E-state index in [1.807, 2.05) is 18.2 Å². The Hall–Kier alpha value is -2.34. The Morgan fingerprint density at radius 3 is 2.39 bits per heavy atom. The number of ether oxygens (including phenoxy) is 2. The maximum Gasteiger partial charge on any atom is 0.169 e. The summed E-state index contributed by atoms with van der Waals surface area (Å²) in [7, 11) is 1.65. The highest BCUT2D eigenvalue weighted by Gasteiger charge is 2.12. The zero-order valence-electron chi connectivity index (χ0n) is 16.8. The second-order valence-electron chi connectivity index (χ2n) is 6.54. The monoisotopic (exact) mass is 404 g/mol. The van der Waals surface area contributed by atoms with Crippen molar-refractivity contribution in [3.63, 3.8) is 0 Å². The van der Waals surface area contributed by atoms with E-state index >= 15 is 0 Å². The van der Waals surface area contributed by atoms with Gasteiger partial charge in [0.15, 0.2) is 16.6 Å². The van der Waals surface area contributed by atoms with Crippen molar-refractivity contribution in [1.82, 2.24) is 10.2 Å². The average Bonchev–Trinajstić information content (AvgIpc) is 2.71. The topological polar surface area (TPSA) is 33.7 Å². The molecule has 0 spiro atoms. The lowest BCUT2D eigenvalue weighted by Gasteiger charge is -2.26. The molecule has 152 valence electrons. The van der Waals surface area contributed by atoms with Gasteiger partial charge in [0.1, 0.15) is 5.82 Å². The van der Waals surface area contributed by atoms with Crippen molar-refractivity contribution in [1.29, 1.82) is 0 Å². The predicted octanol–water partition coefficient (Wildman–Crippen LogP) is 4.91. The minimum absolute atomic E-state index is 0.237. The molecule has 0 atom stereocenters. The fourth-order valence-corrected chi connectivity index (χ4v) is 3.00. The second-order valence-corrected chi connectivity index (χ2v) is 6.93. The third-order valence-corrected chi connectivity index (χ3v) is 4.60. The van der Waals surface area contributed by atoms with Gasteiger partial charge in [0, 0.05) is 19.6 Å². The first-order valence-electron chi connectivity index (χ1n) is 9.64. The summed E-state index contributed by atoms with van der Waals surface area (Å²) in [6.07, 6.45) is 1.93. The first kappa shape index (κ1) is 22.0. The van der Waals surface area contributed by atoms with E-state index < -0.39 is 0 Å². The van der Waals surface area contributed by atoms with Gasteiger partial charge in [0.25, 0.3) is 0 Å². The van der Waals surface area contributed by atoms with Crippen LogP contribution in [0, 0.1) is 5.82 Å². The molecule has 0 aliphatic rings. The highest BCUT2D eigenvalue weighted by atomic mass is 32.1. The van der Waals surface area contributed by atoms with E-state index in [4.69, 9.17) is 21.7 Å². The lowest BCUT2D eigenvalue weighted by atomic mass is 10.2.